The van der Waals surface area contributed by atoms with Crippen molar-refractivity contribution < 1.29 is 18.0 Å². The number of rotatable bonds is 10. The van der Waals surface area contributed by atoms with E-state index in [9.17, 15) is 13.6 Å². The van der Waals surface area contributed by atoms with Crippen molar-refractivity contribution in [3.63, 3.8) is 0 Å². The monoisotopic (exact) mass is 522 g/mol. The van der Waals surface area contributed by atoms with Crippen molar-refractivity contribution in [1.29, 1.82) is 0 Å². The summed E-state index contributed by atoms with van der Waals surface area (Å²) < 4.78 is 46.3. The highest BCUT2D eigenvalue weighted by Gasteiger charge is 2.25. The second-order valence-electron chi connectivity index (χ2n) is 7.69. The zero-order valence-corrected chi connectivity index (χ0v) is 20.4. The highest BCUT2D eigenvalue weighted by Crippen LogP contribution is 2.30. The van der Waals surface area contributed by atoms with Crippen LogP contribution in [0.15, 0.2) is 75.9 Å². The van der Waals surface area contributed by atoms with Crippen LogP contribution in [0.5, 0.6) is 0 Å². The number of benzene rings is 2. The summed E-state index contributed by atoms with van der Waals surface area (Å²) in [5.74, 6) is -3.40. The number of ketones is 1. The molecule has 0 amide bonds. The molecule has 2 aromatic carbocycles. The van der Waals surface area contributed by atoms with E-state index < -0.39 is 28.8 Å². The van der Waals surface area contributed by atoms with Gasteiger partial charge in [-0.25, -0.2) is 18.2 Å². The number of anilines is 1. The Labute approximate surface area is 214 Å². The second-order valence-corrected chi connectivity index (χ2v) is 8.57. The number of fused-ring (bicyclic) bond motifs is 1. The van der Waals surface area contributed by atoms with Crippen LogP contribution < -0.4 is 10.0 Å². The summed E-state index contributed by atoms with van der Waals surface area (Å²) in [6.45, 7) is 3.84. The van der Waals surface area contributed by atoms with E-state index in [1.54, 1.807) is 31.6 Å². The molecular formula is C26H21F3N6OS. The molecule has 0 atom stereocenters. The summed E-state index contributed by atoms with van der Waals surface area (Å²) in [4.78, 5) is 29.0. The number of hydrogen-bond donors (Lipinski definition) is 3. The lowest BCUT2D eigenvalue weighted by Crippen LogP contribution is -2.09. The van der Waals surface area contributed by atoms with Crippen LogP contribution in [0.3, 0.4) is 0 Å². The first-order valence-electron chi connectivity index (χ1n) is 10.9. The van der Waals surface area contributed by atoms with E-state index in [4.69, 9.17) is 0 Å². The van der Waals surface area contributed by atoms with Gasteiger partial charge in [0.25, 0.3) is 0 Å². The molecule has 0 aliphatic carbocycles. The highest BCUT2D eigenvalue weighted by atomic mass is 32.2. The molecule has 2 heterocycles. The van der Waals surface area contributed by atoms with Gasteiger partial charge in [0, 0.05) is 51.8 Å². The standard InChI is InChI=1S/C26H21F3N6OS/c1-30-10-16(11-32-14-31-2)15-8-19-20(13-34-26(19)33-12-15)25(36)23-21(28)6-7-22(24(23)29)35-37-18-5-3-4-17(27)9-18/h3-13,31,35H,1,14H2,2H3,(H,33,34)/b16-10+,32-11-. The van der Waals surface area contributed by atoms with Crippen molar-refractivity contribution in [3.05, 3.63) is 95.2 Å². The van der Waals surface area contributed by atoms with E-state index in [1.165, 1.54) is 36.7 Å². The molecule has 2 aromatic heterocycles. The Morgan fingerprint density at radius 1 is 1.22 bits per heavy atom. The molecular weight excluding hydrogens is 501 g/mol. The van der Waals surface area contributed by atoms with Crippen LogP contribution in [0.25, 0.3) is 16.6 Å². The molecule has 11 heteroatoms. The zero-order chi connectivity index (χ0) is 26.4. The molecule has 0 aliphatic heterocycles. The van der Waals surface area contributed by atoms with Gasteiger partial charge in [-0.2, -0.15) is 0 Å². The lowest BCUT2D eigenvalue weighted by atomic mass is 10.00. The van der Waals surface area contributed by atoms with Crippen molar-refractivity contribution >= 4 is 53.0 Å². The number of carbonyl (C=O) groups is 1. The van der Waals surface area contributed by atoms with E-state index in [0.29, 0.717) is 33.7 Å². The summed E-state index contributed by atoms with van der Waals surface area (Å²) in [7, 11) is 1.75. The Kier molecular flexibility index (Phi) is 8.16. The molecule has 37 heavy (non-hydrogen) atoms. The number of nitrogens with one attached hydrogen (secondary N) is 3. The molecule has 0 spiro atoms. The largest absolute Gasteiger partial charge is 0.345 e. The van der Waals surface area contributed by atoms with Gasteiger partial charge in [0.2, 0.25) is 5.78 Å². The predicted molar refractivity (Wildman–Crippen MR) is 142 cm³/mol. The average molecular weight is 523 g/mol. The minimum absolute atomic E-state index is 0.0372. The van der Waals surface area contributed by atoms with Crippen LogP contribution in [0, 0.1) is 17.5 Å². The number of carbonyl (C=O) groups excluding carboxylic acids is 1. The lowest BCUT2D eigenvalue weighted by molar-refractivity contribution is 0.103. The Balaban J connectivity index is 1.69. The minimum Gasteiger partial charge on any atom is -0.345 e. The highest BCUT2D eigenvalue weighted by molar-refractivity contribution is 8.00. The van der Waals surface area contributed by atoms with Gasteiger partial charge < -0.3 is 15.0 Å². The van der Waals surface area contributed by atoms with Gasteiger partial charge in [-0.15, -0.1) is 0 Å². The Bertz CT molecular complexity index is 1530. The maximum Gasteiger partial charge on any atom is 0.201 e. The van der Waals surface area contributed by atoms with Gasteiger partial charge >= 0.3 is 0 Å². The second kappa shape index (κ2) is 11.7. The van der Waals surface area contributed by atoms with Crippen LogP contribution in [0.4, 0.5) is 18.9 Å². The van der Waals surface area contributed by atoms with E-state index >= 15 is 4.39 Å². The fourth-order valence-electron chi connectivity index (χ4n) is 3.48. The normalized spacial score (nSPS) is 11.8. The molecule has 3 N–H and O–H groups in total. The minimum atomic E-state index is -1.07. The predicted octanol–water partition coefficient (Wildman–Crippen LogP) is 5.62. The van der Waals surface area contributed by atoms with Gasteiger partial charge in [0.05, 0.1) is 17.9 Å². The van der Waals surface area contributed by atoms with Crippen LogP contribution in [-0.4, -0.2) is 42.4 Å². The molecule has 0 unspecified atom stereocenters. The summed E-state index contributed by atoms with van der Waals surface area (Å²) >= 11 is 0.929. The van der Waals surface area contributed by atoms with Gasteiger partial charge in [-0.05, 0) is 62.1 Å². The quantitative estimate of drug-likeness (QED) is 0.143. The SMILES string of the molecule is C=N/C=C(\C=N/CNC)c1cnc2[nH]cc(C(=O)c3c(F)ccc(NSc4cccc(F)c4)c3F)c2c1. The van der Waals surface area contributed by atoms with Crippen LogP contribution in [-0.2, 0) is 0 Å². The summed E-state index contributed by atoms with van der Waals surface area (Å²) in [6.07, 6.45) is 5.98. The first kappa shape index (κ1) is 25.9. The molecule has 0 bridgehead atoms. The third-order valence-corrected chi connectivity index (χ3v) is 6.02. The smallest absolute Gasteiger partial charge is 0.201 e. The Morgan fingerprint density at radius 3 is 2.81 bits per heavy atom. The summed E-state index contributed by atoms with van der Waals surface area (Å²) in [5, 5.41) is 3.26. The molecule has 188 valence electrons. The molecule has 0 radical (unpaired) electrons. The van der Waals surface area contributed by atoms with Gasteiger partial charge in [-0.1, -0.05) is 6.07 Å². The van der Waals surface area contributed by atoms with E-state index in [1.807, 2.05) is 0 Å². The van der Waals surface area contributed by atoms with Gasteiger partial charge in [0.1, 0.15) is 17.3 Å². The van der Waals surface area contributed by atoms with E-state index in [2.05, 4.69) is 36.7 Å². The number of allylic oxidation sites excluding steroid dienone is 1. The molecule has 0 aliphatic rings. The number of aliphatic imine (C=N–C) groups is 2. The lowest BCUT2D eigenvalue weighted by Gasteiger charge is -2.11. The van der Waals surface area contributed by atoms with Crippen LogP contribution in [0.2, 0.25) is 0 Å². The number of nitrogens with zero attached hydrogens (tertiary/aromatic N) is 3. The average Bonchev–Trinajstić information content (AvgIpc) is 3.31. The molecule has 4 aromatic rings. The fraction of sp³-hybridized carbons (Fsp3) is 0.0769. The first-order valence-corrected chi connectivity index (χ1v) is 11.7. The van der Waals surface area contributed by atoms with Crippen molar-refractivity contribution in [1.82, 2.24) is 15.3 Å². The number of aromatic nitrogens is 2. The third-order valence-electron chi connectivity index (χ3n) is 5.21. The number of pyridine rings is 1. The molecule has 0 fully saturated rings. The maximum atomic E-state index is 15.4. The van der Waals surface area contributed by atoms with Crippen molar-refractivity contribution in [3.8, 4) is 0 Å². The van der Waals surface area contributed by atoms with Crippen LogP contribution >= 0.6 is 11.9 Å². The van der Waals surface area contributed by atoms with E-state index in [-0.39, 0.29) is 11.3 Å². The summed E-state index contributed by atoms with van der Waals surface area (Å²) in [6, 6.07) is 9.50. The first-order chi connectivity index (χ1) is 17.9. The topological polar surface area (TPSA) is 94.5 Å². The number of hydrogen-bond acceptors (Lipinski definition) is 7. The Hall–Kier alpha value is -4.22. The fourth-order valence-corrected chi connectivity index (χ4v) is 4.19. The molecule has 4 rings (SSSR count). The zero-order valence-electron chi connectivity index (χ0n) is 19.6. The number of H-pyrrole nitrogens is 1. The Morgan fingerprint density at radius 2 is 2.05 bits per heavy atom. The molecule has 7 nitrogen and oxygen atoms in total. The number of aromatic amines is 1. The third kappa shape index (κ3) is 5.79. The van der Waals surface area contributed by atoms with Crippen molar-refractivity contribution in [2.75, 3.05) is 18.4 Å². The van der Waals surface area contributed by atoms with E-state index in [0.717, 1.165) is 18.0 Å². The van der Waals surface area contributed by atoms with Gasteiger partial charge in [-0.3, -0.25) is 14.8 Å². The van der Waals surface area contributed by atoms with Crippen molar-refractivity contribution in [2.45, 2.75) is 4.90 Å². The molecule has 0 saturated heterocycles. The summed E-state index contributed by atoms with van der Waals surface area (Å²) in [5.41, 5.74) is 0.710. The van der Waals surface area contributed by atoms with Gasteiger partial charge in [0.15, 0.2) is 5.82 Å². The van der Waals surface area contributed by atoms with Crippen molar-refractivity contribution in [2.24, 2.45) is 9.98 Å². The maximum absolute atomic E-state index is 15.4. The molecule has 0 saturated carbocycles. The number of halogens is 3. The van der Waals surface area contributed by atoms with Crippen LogP contribution in [0.1, 0.15) is 21.5 Å².